The third kappa shape index (κ3) is 9.64. The number of halogens is 2. The molecule has 5 saturated heterocycles. The summed E-state index contributed by atoms with van der Waals surface area (Å²) in [5.74, 6) is -1.56. The number of imide groups is 2. The number of anilines is 2. The second-order valence-electron chi connectivity index (χ2n) is 21.0. The minimum atomic E-state index is -1.09. The van der Waals surface area contributed by atoms with Gasteiger partial charge in [-0.25, -0.2) is 13.6 Å². The first-order valence-corrected chi connectivity index (χ1v) is 26.0. The molecule has 5 unspecified atom stereocenters. The molecule has 3 aromatic carbocycles. The molecule has 0 saturated carbocycles. The van der Waals surface area contributed by atoms with Crippen LogP contribution in [0.5, 0.6) is 11.8 Å². The summed E-state index contributed by atoms with van der Waals surface area (Å²) < 4.78 is 44.7. The fourth-order valence-corrected chi connectivity index (χ4v) is 12.1. The number of piperidine rings is 1. The highest BCUT2D eigenvalue weighted by Crippen LogP contribution is 2.45. The lowest BCUT2D eigenvalue weighted by Gasteiger charge is -2.35. The van der Waals surface area contributed by atoms with Gasteiger partial charge in [0.2, 0.25) is 17.7 Å². The fraction of sp³-hybridized carbons (Fsp3) is 0.411. The smallest absolute Gasteiger partial charge is 0.409 e. The van der Waals surface area contributed by atoms with Crippen LogP contribution in [-0.2, 0) is 19.1 Å². The molecule has 6 aliphatic heterocycles. The monoisotopic (exact) mass is 1050 g/mol. The summed E-state index contributed by atoms with van der Waals surface area (Å²) in [6.45, 7) is 6.81. The number of pyridine rings is 1. The average Bonchev–Trinajstić information content (AvgIpc) is 4.19. The first kappa shape index (κ1) is 51.0. The van der Waals surface area contributed by atoms with Crippen LogP contribution in [-0.4, -0.2) is 147 Å². The Morgan fingerprint density at radius 2 is 1.78 bits per heavy atom. The SMILES string of the molecule is C#Cc1c(F)ccc2cc(O)cc(-c3ncc4c(N5CC6CCC(C5)N6)nc(OCC56CCC(COC(=O)N(C)CCCCCC(=O)Nc7ccc8c(c7)C(=O)N(C7CCC(=O)NC7=O)C8=O)N5CC(=C)C6)nc4c3F)c12. The van der Waals surface area contributed by atoms with Gasteiger partial charge in [0.05, 0.1) is 27.6 Å². The molecule has 5 atom stereocenters. The molecule has 398 valence electrons. The van der Waals surface area contributed by atoms with E-state index in [9.17, 15) is 33.9 Å². The van der Waals surface area contributed by atoms with Crippen LogP contribution in [0.1, 0.15) is 96.9 Å². The molecule has 0 spiro atoms. The van der Waals surface area contributed by atoms with Crippen LogP contribution in [0.25, 0.3) is 32.9 Å². The number of nitrogens with zero attached hydrogens (tertiary/aromatic N) is 7. The number of aromatic hydroxyl groups is 1. The van der Waals surface area contributed by atoms with E-state index in [0.29, 0.717) is 87.0 Å². The van der Waals surface area contributed by atoms with E-state index in [4.69, 9.17) is 20.9 Å². The van der Waals surface area contributed by atoms with Crippen LogP contribution in [0.4, 0.5) is 25.1 Å². The van der Waals surface area contributed by atoms with Crippen molar-refractivity contribution in [2.75, 3.05) is 56.7 Å². The summed E-state index contributed by atoms with van der Waals surface area (Å²) in [6, 6.07) is 8.97. The Hall–Kier alpha value is -8.09. The molecule has 19 nitrogen and oxygen atoms in total. The predicted octanol–water partition coefficient (Wildman–Crippen LogP) is 5.96. The molecular weight excluding hydrogens is 995 g/mol. The van der Waals surface area contributed by atoms with Crippen molar-refractivity contribution in [2.24, 2.45) is 0 Å². The van der Waals surface area contributed by atoms with Crippen molar-refractivity contribution in [2.45, 2.75) is 100 Å². The van der Waals surface area contributed by atoms with Crippen molar-refractivity contribution in [3.05, 3.63) is 89.1 Å². The highest BCUT2D eigenvalue weighted by Gasteiger charge is 2.52. The number of aromatic nitrogens is 3. The van der Waals surface area contributed by atoms with Gasteiger partial charge in [-0.2, -0.15) is 9.97 Å². The number of amides is 6. The Morgan fingerprint density at radius 1 is 0.987 bits per heavy atom. The Morgan fingerprint density at radius 3 is 2.56 bits per heavy atom. The summed E-state index contributed by atoms with van der Waals surface area (Å²) >= 11 is 0. The minimum Gasteiger partial charge on any atom is -0.508 e. The topological polar surface area (TPSA) is 229 Å². The molecule has 6 amide bonds. The predicted molar refractivity (Wildman–Crippen MR) is 278 cm³/mol. The van der Waals surface area contributed by atoms with Crippen molar-refractivity contribution >= 4 is 68.8 Å². The quantitative estimate of drug-likeness (QED) is 0.0411. The van der Waals surface area contributed by atoms with Crippen molar-refractivity contribution in [1.82, 2.24) is 40.3 Å². The van der Waals surface area contributed by atoms with Crippen LogP contribution < -0.4 is 25.6 Å². The molecule has 77 heavy (non-hydrogen) atoms. The molecule has 2 aromatic heterocycles. The van der Waals surface area contributed by atoms with Crippen LogP contribution in [0, 0.1) is 24.0 Å². The summed E-state index contributed by atoms with van der Waals surface area (Å²) in [6.07, 6.45) is 12.8. The molecule has 0 radical (unpaired) electrons. The Labute approximate surface area is 441 Å². The van der Waals surface area contributed by atoms with Crippen LogP contribution >= 0.6 is 0 Å². The van der Waals surface area contributed by atoms with E-state index in [1.807, 2.05) is 0 Å². The zero-order chi connectivity index (χ0) is 53.9. The van der Waals surface area contributed by atoms with Gasteiger partial charge in [0.1, 0.15) is 47.9 Å². The van der Waals surface area contributed by atoms with E-state index < -0.39 is 52.9 Å². The zero-order valence-corrected chi connectivity index (χ0v) is 42.3. The Kier molecular flexibility index (Phi) is 13.6. The number of terminal acetylenes is 1. The lowest BCUT2D eigenvalue weighted by Crippen LogP contribution is -2.54. The molecule has 0 aliphatic carbocycles. The molecule has 5 aromatic rings. The van der Waals surface area contributed by atoms with Gasteiger partial charge in [-0.05, 0) is 93.2 Å². The number of nitrogens with one attached hydrogen (secondary N) is 3. The standard InChI is InChI=1S/C56H56F2N10O9/c1-4-37-42(57)14-9-31-20-36(69)22-40(46(31)37)48-47(58)49-41(24-59-48)50(66-26-33-10-11-34(27-66)60-33)64-54(63-49)77-29-56-18-17-35(67(56)25-30(2)23-56)28-76-55(75)65(3)19-7-5-6-8-44(70)61-32-12-13-38-39(21-32)53(74)68(52(38)73)43-15-16-45(71)62-51(43)72/h1,9,12-14,20-22,24,33-35,43,60,69H,2,5-8,10-11,15-19,23,25-29H2,3H3,(H,61,70)(H,62,71,72). The highest BCUT2D eigenvalue weighted by molar-refractivity contribution is 6.24. The number of unbranched alkanes of at least 4 members (excludes halogenated alkanes) is 2. The van der Waals surface area contributed by atoms with Gasteiger partial charge in [0.25, 0.3) is 11.8 Å². The maximum Gasteiger partial charge on any atom is 0.409 e. The van der Waals surface area contributed by atoms with Crippen LogP contribution in [0.2, 0.25) is 0 Å². The lowest BCUT2D eigenvalue weighted by atomic mass is 9.94. The van der Waals surface area contributed by atoms with Gasteiger partial charge < -0.3 is 35.0 Å². The summed E-state index contributed by atoms with van der Waals surface area (Å²) in [5, 5.41) is 20.3. The van der Waals surface area contributed by atoms with Crippen molar-refractivity contribution in [3.8, 4) is 35.4 Å². The van der Waals surface area contributed by atoms with Crippen molar-refractivity contribution in [3.63, 3.8) is 0 Å². The molecule has 4 N–H and O–H groups in total. The van der Waals surface area contributed by atoms with E-state index in [0.717, 1.165) is 23.3 Å². The molecule has 11 rings (SSSR count). The summed E-state index contributed by atoms with van der Waals surface area (Å²) in [4.78, 5) is 97.3. The van der Waals surface area contributed by atoms with Gasteiger partial charge >= 0.3 is 12.1 Å². The second-order valence-corrected chi connectivity index (χ2v) is 21.0. The van der Waals surface area contributed by atoms with E-state index in [1.54, 1.807) is 7.05 Å². The number of piperazine rings is 1. The molecule has 8 heterocycles. The van der Waals surface area contributed by atoms with E-state index in [-0.39, 0.29) is 107 Å². The molecule has 2 bridgehead atoms. The fourth-order valence-electron chi connectivity index (χ4n) is 12.1. The molecule has 5 fully saturated rings. The Balaban J connectivity index is 0.703. The number of ether oxygens (including phenoxy) is 2. The van der Waals surface area contributed by atoms with Crippen LogP contribution in [0.15, 0.2) is 60.8 Å². The number of benzene rings is 3. The Bertz CT molecular complexity index is 3370. The first-order chi connectivity index (χ1) is 37.1. The van der Waals surface area contributed by atoms with Gasteiger partial charge in [0.15, 0.2) is 5.82 Å². The summed E-state index contributed by atoms with van der Waals surface area (Å²) in [7, 11) is 1.66. The number of phenolic OH excluding ortho intramolecular Hbond substituents is 1. The van der Waals surface area contributed by atoms with Crippen molar-refractivity contribution < 1.29 is 52.1 Å². The highest BCUT2D eigenvalue weighted by atomic mass is 19.1. The zero-order valence-electron chi connectivity index (χ0n) is 42.3. The van der Waals surface area contributed by atoms with E-state index in [1.165, 1.54) is 53.6 Å². The number of rotatable bonds is 15. The molecular formula is C56H56F2N10O9. The average molecular weight is 1050 g/mol. The summed E-state index contributed by atoms with van der Waals surface area (Å²) in [5.41, 5.74) is 0.768. The molecule has 21 heteroatoms. The van der Waals surface area contributed by atoms with Crippen LogP contribution in [0.3, 0.4) is 0 Å². The van der Waals surface area contributed by atoms with E-state index in [2.05, 4.69) is 48.2 Å². The first-order valence-electron chi connectivity index (χ1n) is 26.0. The number of hydrogen-bond acceptors (Lipinski definition) is 15. The number of carbonyl (C=O) groups excluding carboxylic acids is 6. The third-order valence-corrected chi connectivity index (χ3v) is 15.9. The van der Waals surface area contributed by atoms with Crippen molar-refractivity contribution in [1.29, 1.82) is 0 Å². The number of carbonyl (C=O) groups is 6. The lowest BCUT2D eigenvalue weighted by molar-refractivity contribution is -0.136. The van der Waals surface area contributed by atoms with Gasteiger partial charge in [-0.3, -0.25) is 44.1 Å². The van der Waals surface area contributed by atoms with Gasteiger partial charge in [-0.15, -0.1) is 6.42 Å². The largest absolute Gasteiger partial charge is 0.508 e. The third-order valence-electron chi connectivity index (χ3n) is 15.9. The van der Waals surface area contributed by atoms with Gasteiger partial charge in [0, 0.05) is 87.0 Å². The normalized spacial score (nSPS) is 22.9. The molecule has 6 aliphatic rings. The maximum atomic E-state index is 17.2. The maximum absolute atomic E-state index is 17.2. The minimum absolute atomic E-state index is 0.00773. The number of hydrogen-bond donors (Lipinski definition) is 4. The number of phenols is 1. The number of fused-ring (bicyclic) bond motifs is 6. The second kappa shape index (κ2) is 20.5. The van der Waals surface area contributed by atoms with E-state index >= 15 is 8.78 Å². The van der Waals surface area contributed by atoms with Gasteiger partial charge in [-0.1, -0.05) is 30.6 Å².